The Balaban J connectivity index is 1.58. The maximum atomic E-state index is 14.1. The smallest absolute Gasteiger partial charge is 0.420 e. The lowest BCUT2D eigenvalue weighted by atomic mass is 9.89. The minimum absolute atomic E-state index is 0.0841. The number of likely N-dealkylation sites (tertiary alicyclic amines) is 1. The van der Waals surface area contributed by atoms with Crippen LogP contribution in [-0.4, -0.2) is 35.2 Å². The normalized spacial score (nSPS) is 25.0. The van der Waals surface area contributed by atoms with Crippen molar-refractivity contribution in [3.63, 3.8) is 0 Å². The molecule has 0 spiro atoms. The van der Waals surface area contributed by atoms with Gasteiger partial charge in [-0.2, -0.15) is 13.2 Å². The van der Waals surface area contributed by atoms with Crippen LogP contribution < -0.4 is 4.74 Å². The van der Waals surface area contributed by atoms with E-state index in [0.29, 0.717) is 30.8 Å². The van der Waals surface area contributed by atoms with Crippen LogP contribution in [0.2, 0.25) is 0 Å². The summed E-state index contributed by atoms with van der Waals surface area (Å²) in [7, 11) is 0. The molecule has 33 heavy (non-hydrogen) atoms. The Hall–Kier alpha value is -2.28. The number of hydrogen-bond acceptors (Lipinski definition) is 3. The van der Waals surface area contributed by atoms with E-state index in [-0.39, 0.29) is 17.2 Å². The zero-order chi connectivity index (χ0) is 23.6. The predicted molar refractivity (Wildman–Crippen MR) is 121 cm³/mol. The van der Waals surface area contributed by atoms with Crippen molar-refractivity contribution in [1.82, 2.24) is 4.90 Å². The molecular weight excluding hydrogens is 431 g/mol. The number of fused-ring (bicyclic) bond motifs is 1. The van der Waals surface area contributed by atoms with Gasteiger partial charge in [0.15, 0.2) is 0 Å². The Morgan fingerprint density at radius 2 is 1.85 bits per heavy atom. The van der Waals surface area contributed by atoms with Crippen molar-refractivity contribution in [2.45, 2.75) is 70.7 Å². The van der Waals surface area contributed by atoms with Crippen molar-refractivity contribution < 1.29 is 27.8 Å². The summed E-state index contributed by atoms with van der Waals surface area (Å²) >= 11 is 0. The topological polar surface area (TPSA) is 49.8 Å². The highest BCUT2D eigenvalue weighted by Crippen LogP contribution is 2.42. The van der Waals surface area contributed by atoms with E-state index in [1.807, 2.05) is 0 Å². The van der Waals surface area contributed by atoms with E-state index in [2.05, 4.69) is 11.8 Å². The highest BCUT2D eigenvalue weighted by atomic mass is 19.4. The lowest BCUT2D eigenvalue weighted by Gasteiger charge is -2.28. The number of halogens is 3. The number of nitrogens with zero attached hydrogens (tertiary/aromatic N) is 1. The summed E-state index contributed by atoms with van der Waals surface area (Å²) in [5.41, 5.74) is 0.183. The van der Waals surface area contributed by atoms with Crippen LogP contribution in [0.25, 0.3) is 10.8 Å². The first-order valence-corrected chi connectivity index (χ1v) is 12.0. The number of hydrogen-bond donors (Lipinski definition) is 1. The van der Waals surface area contributed by atoms with Crippen LogP contribution in [-0.2, 0) is 17.5 Å². The van der Waals surface area contributed by atoms with E-state index in [0.717, 1.165) is 50.6 Å². The number of aliphatic carboxylic acids is 1. The van der Waals surface area contributed by atoms with E-state index in [4.69, 9.17) is 4.74 Å². The molecule has 2 aromatic carbocycles. The minimum atomic E-state index is -4.52. The molecule has 1 heterocycles. The van der Waals surface area contributed by atoms with Gasteiger partial charge in [0.05, 0.1) is 12.0 Å². The molecule has 2 aromatic rings. The van der Waals surface area contributed by atoms with Crippen molar-refractivity contribution in [3.05, 3.63) is 41.5 Å². The van der Waals surface area contributed by atoms with Crippen molar-refractivity contribution in [2.75, 3.05) is 13.1 Å². The summed E-state index contributed by atoms with van der Waals surface area (Å²) < 4.78 is 48.1. The Bertz CT molecular complexity index is 983. The van der Waals surface area contributed by atoms with Crippen molar-refractivity contribution in [2.24, 2.45) is 11.8 Å². The van der Waals surface area contributed by atoms with Crippen LogP contribution >= 0.6 is 0 Å². The molecule has 0 amide bonds. The number of carbonyl (C=O) groups is 1. The summed E-state index contributed by atoms with van der Waals surface area (Å²) in [6.07, 6.45) is 1.29. The van der Waals surface area contributed by atoms with Gasteiger partial charge in [0.2, 0.25) is 0 Å². The highest BCUT2D eigenvalue weighted by Gasteiger charge is 2.37. The summed E-state index contributed by atoms with van der Waals surface area (Å²) in [4.78, 5) is 13.6. The summed E-state index contributed by atoms with van der Waals surface area (Å²) in [5, 5.41) is 10.1. The van der Waals surface area contributed by atoms with Crippen molar-refractivity contribution >= 4 is 16.7 Å². The fourth-order valence-electron chi connectivity index (χ4n) is 5.20. The van der Waals surface area contributed by atoms with Gasteiger partial charge >= 0.3 is 12.1 Å². The first-order valence-electron chi connectivity index (χ1n) is 12.0. The Labute approximate surface area is 192 Å². The molecule has 1 aliphatic heterocycles. The second kappa shape index (κ2) is 9.92. The fourth-order valence-corrected chi connectivity index (χ4v) is 5.20. The van der Waals surface area contributed by atoms with Crippen molar-refractivity contribution in [3.8, 4) is 5.75 Å². The maximum Gasteiger partial charge on any atom is 0.420 e. The van der Waals surface area contributed by atoms with Crippen LogP contribution in [0.15, 0.2) is 30.3 Å². The number of carboxylic acids is 1. The molecular formula is C26H32F3NO3. The molecule has 1 unspecified atom stereocenters. The number of benzene rings is 2. The molecule has 0 bridgehead atoms. The fraction of sp³-hybridized carbons (Fsp3) is 0.577. The van der Waals surface area contributed by atoms with Gasteiger partial charge in [-0.25, -0.2) is 0 Å². The quantitative estimate of drug-likeness (QED) is 0.550. The van der Waals surface area contributed by atoms with Gasteiger partial charge in [0.25, 0.3) is 0 Å². The van der Waals surface area contributed by atoms with E-state index in [1.165, 1.54) is 12.1 Å². The molecule has 2 fully saturated rings. The van der Waals surface area contributed by atoms with Crippen LogP contribution in [0.3, 0.4) is 0 Å². The van der Waals surface area contributed by atoms with Crippen LogP contribution in [0, 0.1) is 11.8 Å². The third-order valence-electron chi connectivity index (χ3n) is 7.10. The van der Waals surface area contributed by atoms with Crippen LogP contribution in [0.5, 0.6) is 5.75 Å². The molecule has 4 rings (SSSR count). The second-order valence-electron chi connectivity index (χ2n) is 9.76. The zero-order valence-corrected chi connectivity index (χ0v) is 19.0. The average molecular weight is 464 g/mol. The lowest BCUT2D eigenvalue weighted by molar-refractivity contribution is -0.142. The minimum Gasteiger partial charge on any atom is -0.490 e. The largest absolute Gasteiger partial charge is 0.490 e. The van der Waals surface area contributed by atoms with Crippen LogP contribution in [0.1, 0.15) is 63.0 Å². The zero-order valence-electron chi connectivity index (χ0n) is 19.0. The van der Waals surface area contributed by atoms with Gasteiger partial charge in [-0.3, -0.25) is 9.69 Å². The van der Waals surface area contributed by atoms with Crippen LogP contribution in [0.4, 0.5) is 13.2 Å². The summed E-state index contributed by atoms with van der Waals surface area (Å²) in [5.74, 6) is -0.668. The van der Waals surface area contributed by atoms with Gasteiger partial charge in [0.1, 0.15) is 11.3 Å². The van der Waals surface area contributed by atoms with Gasteiger partial charge in [-0.05, 0) is 79.5 Å². The summed E-state index contributed by atoms with van der Waals surface area (Å²) in [6, 6.07) is 8.22. The molecule has 0 radical (unpaired) electrons. The van der Waals surface area contributed by atoms with Gasteiger partial charge in [0, 0.05) is 13.1 Å². The van der Waals surface area contributed by atoms with E-state index < -0.39 is 23.6 Å². The molecule has 0 aromatic heterocycles. The Kier molecular flexibility index (Phi) is 7.17. The third kappa shape index (κ3) is 5.81. The van der Waals surface area contributed by atoms with E-state index >= 15 is 0 Å². The molecule has 1 atom stereocenters. The van der Waals surface area contributed by atoms with Gasteiger partial charge in [-0.15, -0.1) is 0 Å². The van der Waals surface area contributed by atoms with E-state index in [9.17, 15) is 23.1 Å². The molecule has 180 valence electrons. The molecule has 1 N–H and O–H groups in total. The second-order valence-corrected chi connectivity index (χ2v) is 9.76. The Morgan fingerprint density at radius 3 is 2.55 bits per heavy atom. The summed E-state index contributed by atoms with van der Waals surface area (Å²) in [6.45, 7) is 3.95. The molecule has 1 saturated heterocycles. The number of rotatable bonds is 5. The highest BCUT2D eigenvalue weighted by molar-refractivity contribution is 5.89. The predicted octanol–water partition coefficient (Wildman–Crippen LogP) is 6.50. The molecule has 7 heteroatoms. The number of ether oxygens (including phenoxy) is 1. The third-order valence-corrected chi connectivity index (χ3v) is 7.10. The van der Waals surface area contributed by atoms with Crippen molar-refractivity contribution in [1.29, 1.82) is 0 Å². The van der Waals surface area contributed by atoms with E-state index in [1.54, 1.807) is 18.2 Å². The lowest BCUT2D eigenvalue weighted by Crippen LogP contribution is -2.31. The first-order chi connectivity index (χ1) is 15.7. The Morgan fingerprint density at radius 1 is 1.09 bits per heavy atom. The number of alkyl halides is 3. The molecule has 1 aliphatic carbocycles. The first kappa shape index (κ1) is 23.9. The monoisotopic (exact) mass is 463 g/mol. The SMILES string of the molecule is CC1CCC(Oc2ccc3cc(CN4CCCCC(C(=O)O)C4)ccc3c2C(F)(F)F)CC1. The average Bonchev–Trinajstić information content (AvgIpc) is 3.00. The maximum absolute atomic E-state index is 14.1. The van der Waals surface area contributed by atoms with Gasteiger partial charge < -0.3 is 9.84 Å². The molecule has 1 saturated carbocycles. The molecule has 4 nitrogen and oxygen atoms in total. The molecule has 2 aliphatic rings. The standard InChI is InChI=1S/C26H32F3NO3/c1-17-5-9-21(10-6-17)33-23-12-8-19-14-18(7-11-22(19)24(23)26(27,28)29)15-30-13-3-2-4-20(16-30)25(31)32/h7-8,11-12,14,17,20-21H,2-6,9-10,13,15-16H2,1H3,(H,31,32). The van der Waals surface area contributed by atoms with Gasteiger partial charge in [-0.1, -0.05) is 31.5 Å². The number of carboxylic acid groups (broad SMARTS) is 1.